The van der Waals surface area contributed by atoms with E-state index in [4.69, 9.17) is 9.47 Å². The number of fused-ring (bicyclic) bond motifs is 1. The Kier molecular flexibility index (Phi) is 4.06. The minimum atomic E-state index is -0.00268. The molecule has 2 aromatic carbocycles. The monoisotopic (exact) mass is 375 g/mol. The van der Waals surface area contributed by atoms with Gasteiger partial charge in [0.25, 0.3) is 0 Å². The second-order valence-corrected chi connectivity index (χ2v) is 7.29. The summed E-state index contributed by atoms with van der Waals surface area (Å²) in [5.41, 5.74) is 2.51. The molecule has 120 valence electrons. The first kappa shape index (κ1) is 15.9. The highest BCUT2D eigenvalue weighted by Gasteiger charge is 2.17. The molecule has 5 heteroatoms. The van der Waals surface area contributed by atoms with Crippen LogP contribution >= 0.6 is 15.9 Å². The molecule has 0 bridgehead atoms. The minimum absolute atomic E-state index is 0.00268. The van der Waals surface area contributed by atoms with Crippen LogP contribution in [0.3, 0.4) is 0 Å². The summed E-state index contributed by atoms with van der Waals surface area (Å²) in [6, 6.07) is 9.23. The zero-order valence-electron chi connectivity index (χ0n) is 13.3. The van der Waals surface area contributed by atoms with Crippen molar-refractivity contribution in [2.75, 3.05) is 6.79 Å². The van der Waals surface area contributed by atoms with Crippen LogP contribution in [0.25, 0.3) is 0 Å². The van der Waals surface area contributed by atoms with Crippen molar-refractivity contribution < 1.29 is 14.6 Å². The van der Waals surface area contributed by atoms with Gasteiger partial charge in [-0.2, -0.15) is 0 Å². The third-order valence-electron chi connectivity index (χ3n) is 3.68. The number of aliphatic imine (C=N–C) groups is 1. The summed E-state index contributed by atoms with van der Waals surface area (Å²) >= 11 is 3.50. The zero-order chi connectivity index (χ0) is 16.6. The third kappa shape index (κ3) is 3.34. The number of halogens is 1. The van der Waals surface area contributed by atoms with Crippen LogP contribution in [0.15, 0.2) is 39.8 Å². The Bertz CT molecular complexity index is 779. The normalized spacial score (nSPS) is 13.7. The Labute approximate surface area is 143 Å². The molecule has 0 saturated carbocycles. The van der Waals surface area contributed by atoms with Gasteiger partial charge in [0.05, 0.1) is 0 Å². The molecule has 3 rings (SSSR count). The summed E-state index contributed by atoms with van der Waals surface area (Å²) < 4.78 is 11.6. The Balaban J connectivity index is 1.94. The van der Waals surface area contributed by atoms with Crippen molar-refractivity contribution in [2.45, 2.75) is 26.2 Å². The van der Waals surface area contributed by atoms with Crippen LogP contribution in [0.4, 0.5) is 5.69 Å². The summed E-state index contributed by atoms with van der Waals surface area (Å²) in [7, 11) is 0. The largest absolute Gasteiger partial charge is 0.506 e. The second-order valence-electron chi connectivity index (χ2n) is 6.44. The summed E-state index contributed by atoms with van der Waals surface area (Å²) in [5, 5.41) is 10.0. The van der Waals surface area contributed by atoms with Gasteiger partial charge in [-0.15, -0.1) is 0 Å². The van der Waals surface area contributed by atoms with Gasteiger partial charge < -0.3 is 14.6 Å². The molecule has 0 unspecified atom stereocenters. The van der Waals surface area contributed by atoms with Crippen LogP contribution in [-0.4, -0.2) is 18.1 Å². The second kappa shape index (κ2) is 5.89. The lowest BCUT2D eigenvalue weighted by Crippen LogP contribution is -2.10. The van der Waals surface area contributed by atoms with Gasteiger partial charge in [-0.25, -0.2) is 0 Å². The fourth-order valence-corrected chi connectivity index (χ4v) is 2.69. The van der Waals surface area contributed by atoms with Crippen molar-refractivity contribution in [1.82, 2.24) is 0 Å². The molecular formula is C18H18BrNO3. The van der Waals surface area contributed by atoms with Crippen LogP contribution in [0.2, 0.25) is 0 Å². The van der Waals surface area contributed by atoms with Crippen molar-refractivity contribution in [3.63, 3.8) is 0 Å². The van der Waals surface area contributed by atoms with E-state index in [0.717, 1.165) is 15.6 Å². The molecular weight excluding hydrogens is 358 g/mol. The van der Waals surface area contributed by atoms with Crippen LogP contribution in [0.1, 0.15) is 31.9 Å². The number of hydrogen-bond donors (Lipinski definition) is 1. The number of phenolic OH excluding ortho intramolecular Hbond substituents is 1. The summed E-state index contributed by atoms with van der Waals surface area (Å²) in [4.78, 5) is 4.44. The predicted octanol–water partition coefficient (Wildman–Crippen LogP) is 4.93. The van der Waals surface area contributed by atoms with E-state index in [-0.39, 0.29) is 18.0 Å². The van der Waals surface area contributed by atoms with Gasteiger partial charge in [0, 0.05) is 16.3 Å². The van der Waals surface area contributed by atoms with Crippen molar-refractivity contribution in [1.29, 1.82) is 0 Å². The molecule has 0 atom stereocenters. The number of rotatable bonds is 2. The predicted molar refractivity (Wildman–Crippen MR) is 94.3 cm³/mol. The van der Waals surface area contributed by atoms with Crippen LogP contribution in [-0.2, 0) is 5.41 Å². The highest BCUT2D eigenvalue weighted by atomic mass is 79.9. The van der Waals surface area contributed by atoms with E-state index < -0.39 is 0 Å². The topological polar surface area (TPSA) is 51.1 Å². The van der Waals surface area contributed by atoms with E-state index in [0.29, 0.717) is 17.2 Å². The van der Waals surface area contributed by atoms with Crippen molar-refractivity contribution in [3.8, 4) is 17.2 Å². The molecule has 0 radical (unpaired) electrons. The van der Waals surface area contributed by atoms with E-state index in [1.807, 2.05) is 24.3 Å². The first-order valence-corrected chi connectivity index (χ1v) is 8.10. The maximum absolute atomic E-state index is 10.0. The summed E-state index contributed by atoms with van der Waals surface area (Å²) in [5.74, 6) is 1.57. The van der Waals surface area contributed by atoms with E-state index >= 15 is 0 Å². The lowest BCUT2D eigenvalue weighted by molar-refractivity contribution is 0.174. The average molecular weight is 376 g/mol. The zero-order valence-corrected chi connectivity index (χ0v) is 14.8. The number of nitrogens with zero attached hydrogens (tertiary/aromatic N) is 1. The Morgan fingerprint density at radius 3 is 2.52 bits per heavy atom. The first-order chi connectivity index (χ1) is 10.8. The van der Waals surface area contributed by atoms with E-state index in [1.165, 1.54) is 0 Å². The molecule has 0 aromatic heterocycles. The van der Waals surface area contributed by atoms with Gasteiger partial charge in [-0.1, -0.05) is 26.8 Å². The van der Waals surface area contributed by atoms with Gasteiger partial charge in [0.1, 0.15) is 11.4 Å². The number of aromatic hydroxyl groups is 1. The van der Waals surface area contributed by atoms with Crippen molar-refractivity contribution in [2.24, 2.45) is 4.99 Å². The van der Waals surface area contributed by atoms with E-state index in [1.54, 1.807) is 12.3 Å². The molecule has 1 N–H and O–H groups in total. The van der Waals surface area contributed by atoms with Crippen molar-refractivity contribution >= 4 is 27.8 Å². The molecule has 1 aliphatic heterocycles. The Hall–Kier alpha value is -2.01. The Morgan fingerprint density at radius 1 is 1.13 bits per heavy atom. The highest BCUT2D eigenvalue weighted by molar-refractivity contribution is 9.10. The molecule has 1 aliphatic rings. The summed E-state index contributed by atoms with van der Waals surface area (Å²) in [6.45, 7) is 6.61. The molecule has 1 heterocycles. The first-order valence-electron chi connectivity index (χ1n) is 7.31. The fourth-order valence-electron chi connectivity index (χ4n) is 2.26. The minimum Gasteiger partial charge on any atom is -0.506 e. The SMILES string of the molecule is CC(C)(C)c1ccc(O)c(N=Cc2cc3c(cc2Br)OCO3)c1. The average Bonchev–Trinajstić information content (AvgIpc) is 2.92. The molecule has 0 saturated heterocycles. The van der Waals surface area contributed by atoms with Crippen LogP contribution < -0.4 is 9.47 Å². The molecule has 0 amide bonds. The quantitative estimate of drug-likeness (QED) is 0.756. The van der Waals surface area contributed by atoms with Gasteiger partial charge in [0.2, 0.25) is 6.79 Å². The standard InChI is InChI=1S/C18H18BrNO3/c1-18(2,3)12-4-5-15(21)14(7-12)20-9-11-6-16-17(8-13(11)19)23-10-22-16/h4-9,21H,10H2,1-3H3. The molecule has 0 spiro atoms. The smallest absolute Gasteiger partial charge is 0.231 e. The molecule has 23 heavy (non-hydrogen) atoms. The number of hydrogen-bond acceptors (Lipinski definition) is 4. The molecule has 2 aromatic rings. The summed E-state index contributed by atoms with van der Waals surface area (Å²) in [6.07, 6.45) is 1.70. The van der Waals surface area contributed by atoms with E-state index in [9.17, 15) is 5.11 Å². The lowest BCUT2D eigenvalue weighted by atomic mass is 9.87. The van der Waals surface area contributed by atoms with Gasteiger partial charge in [0.15, 0.2) is 11.5 Å². The lowest BCUT2D eigenvalue weighted by Gasteiger charge is -2.19. The highest BCUT2D eigenvalue weighted by Crippen LogP contribution is 2.37. The van der Waals surface area contributed by atoms with Gasteiger partial charge in [-0.3, -0.25) is 4.99 Å². The van der Waals surface area contributed by atoms with Gasteiger partial charge >= 0.3 is 0 Å². The maximum Gasteiger partial charge on any atom is 0.231 e. The Morgan fingerprint density at radius 2 is 1.83 bits per heavy atom. The van der Waals surface area contributed by atoms with Crippen LogP contribution in [0.5, 0.6) is 17.2 Å². The number of phenols is 1. The van der Waals surface area contributed by atoms with Crippen molar-refractivity contribution in [3.05, 3.63) is 45.9 Å². The molecule has 4 nitrogen and oxygen atoms in total. The molecule has 0 aliphatic carbocycles. The van der Waals surface area contributed by atoms with E-state index in [2.05, 4.69) is 41.7 Å². The van der Waals surface area contributed by atoms with Crippen LogP contribution in [0, 0.1) is 0 Å². The third-order valence-corrected chi connectivity index (χ3v) is 4.36. The van der Waals surface area contributed by atoms with Gasteiger partial charge in [-0.05, 0) is 51.2 Å². The number of ether oxygens (including phenoxy) is 2. The maximum atomic E-state index is 10.0. The number of benzene rings is 2. The molecule has 0 fully saturated rings. The fraction of sp³-hybridized carbons (Fsp3) is 0.278.